The van der Waals surface area contributed by atoms with Crippen LogP contribution in [0, 0.1) is 20.2 Å². The molecule has 5 N–H and O–H groups in total. The van der Waals surface area contributed by atoms with Crippen LogP contribution in [-0.4, -0.2) is 31.6 Å². The molecule has 4 aromatic rings. The topological polar surface area (TPSA) is 211 Å². The van der Waals surface area contributed by atoms with Gasteiger partial charge in [-0.15, -0.1) is 0 Å². The van der Waals surface area contributed by atoms with E-state index in [-0.39, 0.29) is 17.4 Å². The Kier molecular flexibility index (Phi) is 7.09. The Morgan fingerprint density at radius 2 is 1.82 bits per heavy atom. The van der Waals surface area contributed by atoms with Crippen molar-refractivity contribution in [2.75, 3.05) is 5.73 Å². The molecule has 4 rings (SSSR count). The van der Waals surface area contributed by atoms with E-state index in [0.717, 1.165) is 11.6 Å². The van der Waals surface area contributed by atoms with Crippen molar-refractivity contribution in [2.45, 2.75) is 18.7 Å². The largest absolute Gasteiger partial charge is 0.485 e. The molecule has 0 spiro atoms. The highest BCUT2D eigenvalue weighted by molar-refractivity contribution is 6.38. The van der Waals surface area contributed by atoms with Gasteiger partial charge in [-0.2, -0.15) is 0 Å². The molecule has 0 saturated heterocycles. The molecule has 0 saturated carbocycles. The van der Waals surface area contributed by atoms with E-state index in [1.165, 1.54) is 0 Å². The number of halogens is 2. The Balaban J connectivity index is 1.72. The lowest BCUT2D eigenvalue weighted by Gasteiger charge is -2.17. The van der Waals surface area contributed by atoms with Gasteiger partial charge < -0.3 is 20.0 Å². The fourth-order valence-corrected chi connectivity index (χ4v) is 4.38. The van der Waals surface area contributed by atoms with Crippen LogP contribution in [-0.2, 0) is 17.8 Å². The lowest BCUT2D eigenvalue weighted by Crippen LogP contribution is -2.56. The van der Waals surface area contributed by atoms with Crippen molar-refractivity contribution in [2.24, 2.45) is 5.73 Å². The molecule has 0 aliphatic heterocycles. The molecule has 1 heterocycles. The van der Waals surface area contributed by atoms with Gasteiger partial charge in [-0.05, 0) is 30.3 Å². The number of ether oxygens (including phenoxy) is 1. The highest BCUT2D eigenvalue weighted by atomic mass is 35.5. The maximum Gasteiger partial charge on any atom is 0.399 e. The molecule has 0 aliphatic carbocycles. The predicted molar refractivity (Wildman–Crippen MR) is 137 cm³/mol. The van der Waals surface area contributed by atoms with Crippen molar-refractivity contribution in [3.8, 4) is 17.2 Å². The molecule has 0 fully saturated rings. The van der Waals surface area contributed by atoms with Gasteiger partial charge in [0.05, 0.1) is 21.3 Å². The van der Waals surface area contributed by atoms with Gasteiger partial charge in [-0.25, -0.2) is 9.78 Å². The van der Waals surface area contributed by atoms with Crippen LogP contribution >= 0.6 is 23.2 Å². The summed E-state index contributed by atoms with van der Waals surface area (Å²) in [6, 6.07) is 13.2. The van der Waals surface area contributed by atoms with Gasteiger partial charge in [-0.1, -0.05) is 41.4 Å². The maximum atomic E-state index is 11.8. The number of hydrogen-bond acceptors (Lipinski definition) is 10. The summed E-state index contributed by atoms with van der Waals surface area (Å²) in [4.78, 5) is 36.7. The summed E-state index contributed by atoms with van der Waals surface area (Å²) in [6.45, 7) is -0.258. The number of aliphatic carboxylic acids is 1. The molecule has 1 unspecified atom stereocenters. The highest BCUT2D eigenvalue weighted by Gasteiger charge is 2.49. The monoisotopic (exact) mass is 561 g/mol. The van der Waals surface area contributed by atoms with Crippen LogP contribution in [0.2, 0.25) is 10.0 Å². The third kappa shape index (κ3) is 4.89. The van der Waals surface area contributed by atoms with Gasteiger partial charge >= 0.3 is 11.6 Å². The fourth-order valence-electron chi connectivity index (χ4n) is 3.70. The molecule has 13 nitrogen and oxygen atoms in total. The summed E-state index contributed by atoms with van der Waals surface area (Å²) in [6.07, 6.45) is -1.07. The Morgan fingerprint density at radius 1 is 1.13 bits per heavy atom. The molecule has 3 aromatic carbocycles. The lowest BCUT2D eigenvalue weighted by molar-refractivity contribution is -0.554. The van der Waals surface area contributed by atoms with Crippen molar-refractivity contribution < 1.29 is 28.9 Å². The smallest absolute Gasteiger partial charge is 0.399 e. The van der Waals surface area contributed by atoms with E-state index in [9.17, 15) is 30.1 Å². The van der Waals surface area contributed by atoms with Gasteiger partial charge in [0.15, 0.2) is 16.4 Å². The molecule has 1 atom stereocenters. The second kappa shape index (κ2) is 10.1. The Labute approximate surface area is 222 Å². The predicted octanol–water partition coefficient (Wildman–Crippen LogP) is 4.43. The lowest BCUT2D eigenvalue weighted by atomic mass is 9.99. The van der Waals surface area contributed by atoms with E-state index in [1.54, 1.807) is 12.1 Å². The highest BCUT2D eigenvalue weighted by Crippen LogP contribution is 2.44. The molecule has 1 aromatic heterocycles. The molecule has 15 heteroatoms. The third-order valence-corrected chi connectivity index (χ3v) is 6.18. The first-order valence-corrected chi connectivity index (χ1v) is 11.4. The summed E-state index contributed by atoms with van der Waals surface area (Å²) in [7, 11) is 0. The van der Waals surface area contributed by atoms with Crippen LogP contribution in [0.5, 0.6) is 5.75 Å². The number of hydrogen-bond donors (Lipinski definition) is 3. The zero-order valence-electron chi connectivity index (χ0n) is 19.1. The van der Waals surface area contributed by atoms with Crippen molar-refractivity contribution in [1.29, 1.82) is 0 Å². The standard InChI is InChI=1S/C23H17Cl2N5O8/c24-15-7-12(9-23(27,22(31)32)30(35)36)18(29(33)34)17(25)20(15)37-10-13-6-14(26)8-16-19(13)38-21(28-16)11-4-2-1-3-5-11/h1-8H,9-10,26-27H2,(H,31,32). The summed E-state index contributed by atoms with van der Waals surface area (Å²) in [5, 5.41) is 31.4. The zero-order chi connectivity index (χ0) is 27.8. The minimum atomic E-state index is -3.06. The van der Waals surface area contributed by atoms with Crippen LogP contribution < -0.4 is 16.2 Å². The minimum Gasteiger partial charge on any atom is -0.485 e. The first-order chi connectivity index (χ1) is 17.9. The number of fused-ring (bicyclic) bond motifs is 1. The van der Waals surface area contributed by atoms with Gasteiger partial charge in [0.1, 0.15) is 12.1 Å². The van der Waals surface area contributed by atoms with Crippen LogP contribution in [0.1, 0.15) is 11.1 Å². The number of nitro benzene ring substituents is 1. The normalized spacial score (nSPS) is 12.7. The van der Waals surface area contributed by atoms with Crippen LogP contribution in [0.4, 0.5) is 11.4 Å². The number of nitrogen functional groups attached to an aromatic ring is 1. The fraction of sp³-hybridized carbons (Fsp3) is 0.130. The van der Waals surface area contributed by atoms with Crippen molar-refractivity contribution in [3.05, 3.63) is 89.9 Å². The molecule has 0 aliphatic rings. The maximum absolute atomic E-state index is 11.8. The number of nitrogens with two attached hydrogens (primary N) is 2. The van der Waals surface area contributed by atoms with E-state index < -0.39 is 44.2 Å². The first-order valence-electron chi connectivity index (χ1n) is 10.6. The molecular weight excluding hydrogens is 545 g/mol. The molecule has 0 amide bonds. The quantitative estimate of drug-likeness (QED) is 0.112. The molecular formula is C23H17Cl2N5O8. The van der Waals surface area contributed by atoms with Gasteiger partial charge in [0.2, 0.25) is 5.89 Å². The van der Waals surface area contributed by atoms with Crippen LogP contribution in [0.25, 0.3) is 22.6 Å². The number of nitro groups is 2. The number of benzene rings is 3. The summed E-state index contributed by atoms with van der Waals surface area (Å²) >= 11 is 12.5. The number of oxazole rings is 1. The number of carbonyl (C=O) groups is 1. The number of carboxylic acids is 1. The van der Waals surface area contributed by atoms with E-state index in [1.807, 2.05) is 30.3 Å². The Morgan fingerprint density at radius 3 is 2.42 bits per heavy atom. The van der Waals surface area contributed by atoms with Crippen molar-refractivity contribution >= 4 is 51.6 Å². The average Bonchev–Trinajstić information content (AvgIpc) is 3.27. The number of anilines is 1. The molecule has 0 radical (unpaired) electrons. The second-order valence-corrected chi connectivity index (χ2v) is 8.92. The summed E-state index contributed by atoms with van der Waals surface area (Å²) in [5.41, 5.74) is 9.31. The number of rotatable bonds is 9. The van der Waals surface area contributed by atoms with Gasteiger partial charge in [0.25, 0.3) is 5.69 Å². The van der Waals surface area contributed by atoms with Gasteiger partial charge in [-0.3, -0.25) is 26.0 Å². The van der Waals surface area contributed by atoms with E-state index >= 15 is 0 Å². The SMILES string of the molecule is Nc1cc(COc2c(Cl)cc(CC(N)(C(=O)O)[N+](=O)[O-])c([N+](=O)[O-])c2Cl)c2oc(-c3ccccc3)nc2c1. The first kappa shape index (κ1) is 26.6. The molecule has 196 valence electrons. The van der Waals surface area contributed by atoms with E-state index in [2.05, 4.69) is 4.98 Å². The number of aromatic nitrogens is 1. The van der Waals surface area contributed by atoms with Crippen molar-refractivity contribution in [3.63, 3.8) is 0 Å². The Hall–Kier alpha value is -4.46. The average molecular weight is 562 g/mol. The van der Waals surface area contributed by atoms with Crippen molar-refractivity contribution in [1.82, 2.24) is 4.98 Å². The van der Waals surface area contributed by atoms with E-state index in [4.69, 9.17) is 43.8 Å². The van der Waals surface area contributed by atoms with Gasteiger partial charge in [0, 0.05) is 22.4 Å². The van der Waals surface area contributed by atoms with Crippen LogP contribution in [0.3, 0.4) is 0 Å². The summed E-state index contributed by atoms with van der Waals surface area (Å²) < 4.78 is 11.6. The third-order valence-electron chi connectivity index (χ3n) is 5.55. The van der Waals surface area contributed by atoms with E-state index in [0.29, 0.717) is 28.2 Å². The second-order valence-electron chi connectivity index (χ2n) is 8.13. The number of nitrogens with zero attached hydrogens (tertiary/aromatic N) is 3. The Bertz CT molecular complexity index is 1580. The minimum absolute atomic E-state index is 0.258. The number of carboxylic acid groups (broad SMARTS) is 1. The molecule has 38 heavy (non-hydrogen) atoms. The molecule has 0 bridgehead atoms. The summed E-state index contributed by atoms with van der Waals surface area (Å²) in [5.74, 6) is -1.99. The zero-order valence-corrected chi connectivity index (χ0v) is 20.6. The van der Waals surface area contributed by atoms with Crippen LogP contribution in [0.15, 0.2) is 52.9 Å².